The van der Waals surface area contributed by atoms with Crippen LogP contribution in [0.4, 0.5) is 0 Å². The van der Waals surface area contributed by atoms with Gasteiger partial charge in [0, 0.05) is 107 Å². The molecule has 0 atom stereocenters. The Labute approximate surface area is 641 Å². The van der Waals surface area contributed by atoms with E-state index in [-0.39, 0.29) is 0 Å². The molecule has 0 aliphatic rings. The molecule has 14 aromatic carbocycles. The van der Waals surface area contributed by atoms with Gasteiger partial charge < -0.3 is 0 Å². The third-order valence-electron chi connectivity index (χ3n) is 19.2. The van der Waals surface area contributed by atoms with Crippen LogP contribution in [0.25, 0.3) is 199 Å². The normalized spacial score (nSPS) is 11.3. The van der Waals surface area contributed by atoms with Crippen LogP contribution in [0.15, 0.2) is 364 Å². The molecule has 0 saturated carbocycles. The van der Waals surface area contributed by atoms with Crippen molar-refractivity contribution in [1.29, 1.82) is 0 Å². The first-order valence-corrected chi connectivity index (χ1v) is 37.7. The molecule has 0 N–H and O–H groups in total. The third kappa shape index (κ3) is 13.3. The predicted octanol–water partition coefficient (Wildman–Crippen LogP) is 24.2. The molecule has 6 heterocycles. The average Bonchev–Trinajstić information content (AvgIpc) is 1.58. The molecule has 110 heavy (non-hydrogen) atoms. The second kappa shape index (κ2) is 29.5. The van der Waals surface area contributed by atoms with Crippen LogP contribution in [-0.4, -0.2) is 59.8 Å². The SMILES string of the molecule is c1ccc(-c2ccc(-c3nc(-c4ccccc4)nc(-c4cccc5sc6c(-c7nc(-c8ccccc8)nc(-c8ccccc8)n7)cccc6c45)n3)cc2)cc1.c1ccc(-c2cccc(-c3nc(-c4ccccc4)nc(-c4cccc5sc6c(-c7nc(-c8ccccc8)nc(-c8ccccc8)n7)cccc6c45)n3)c2)cc1. The van der Waals surface area contributed by atoms with E-state index in [0.717, 1.165) is 129 Å². The van der Waals surface area contributed by atoms with Gasteiger partial charge in [-0.3, -0.25) is 0 Å². The molecule has 0 saturated heterocycles. The fraction of sp³-hybridized carbons (Fsp3) is 0. The highest BCUT2D eigenvalue weighted by Crippen LogP contribution is 2.46. The maximum Gasteiger partial charge on any atom is 0.165 e. The zero-order valence-corrected chi connectivity index (χ0v) is 60.5. The van der Waals surface area contributed by atoms with Crippen molar-refractivity contribution in [1.82, 2.24) is 59.8 Å². The Hall–Kier alpha value is -14.4. The Morgan fingerprint density at radius 1 is 0.145 bits per heavy atom. The highest BCUT2D eigenvalue weighted by atomic mass is 32.1. The summed E-state index contributed by atoms with van der Waals surface area (Å²) in [7, 11) is 0. The van der Waals surface area contributed by atoms with E-state index in [4.69, 9.17) is 59.8 Å². The lowest BCUT2D eigenvalue weighted by Gasteiger charge is -2.11. The standard InChI is InChI=1S/2C48H30N6S/c1-5-16-31(17-6-1)35-24-13-25-36(30-35)46-50-45(34-22-11-4-12-23-34)51-47(54-46)38-27-15-29-40-41(38)37-26-14-28-39(42(37)55-40)48-52-43(32-18-7-2-8-19-32)49-44(53-48)33-20-9-3-10-21-33;1-5-15-31(16-6-1)32-27-29-36(30-28-32)46-50-43(33-17-7-2-8-18-33)51-47(52-46)38-24-14-26-40-41(38)37-23-13-25-39(42(37)55-40)48-53-44(34-19-9-3-10-20-34)49-45(54-48)35-21-11-4-12-22-35/h2*1-30H. The number of rotatable bonds is 14. The number of hydrogen-bond donors (Lipinski definition) is 0. The first-order valence-electron chi connectivity index (χ1n) is 36.1. The van der Waals surface area contributed by atoms with Gasteiger partial charge in [-0.25, -0.2) is 59.8 Å². The van der Waals surface area contributed by atoms with E-state index >= 15 is 0 Å². The maximum absolute atomic E-state index is 5.19. The highest BCUT2D eigenvalue weighted by Gasteiger charge is 2.24. The molecule has 14 heteroatoms. The molecular weight excluding hydrogens is 1390 g/mol. The minimum absolute atomic E-state index is 0.613. The van der Waals surface area contributed by atoms with Crippen LogP contribution < -0.4 is 0 Å². The summed E-state index contributed by atoms with van der Waals surface area (Å²) in [4.78, 5) is 60.8. The predicted molar refractivity (Wildman–Crippen MR) is 448 cm³/mol. The van der Waals surface area contributed by atoms with E-state index in [1.165, 1.54) is 0 Å². The van der Waals surface area contributed by atoms with E-state index in [0.29, 0.717) is 69.9 Å². The van der Waals surface area contributed by atoms with E-state index in [2.05, 4.69) is 170 Å². The van der Waals surface area contributed by atoms with Gasteiger partial charge in [0.15, 0.2) is 69.9 Å². The Morgan fingerprint density at radius 3 is 0.682 bits per heavy atom. The summed E-state index contributed by atoms with van der Waals surface area (Å²) in [6, 6.07) is 123. The zero-order valence-electron chi connectivity index (χ0n) is 58.8. The second-order valence-electron chi connectivity index (χ2n) is 26.2. The van der Waals surface area contributed by atoms with E-state index in [9.17, 15) is 0 Å². The van der Waals surface area contributed by atoms with Gasteiger partial charge in [-0.1, -0.05) is 334 Å². The van der Waals surface area contributed by atoms with Crippen molar-refractivity contribution in [2.24, 2.45) is 0 Å². The summed E-state index contributed by atoms with van der Waals surface area (Å²) in [5.74, 6) is 7.48. The van der Waals surface area contributed by atoms with Gasteiger partial charge in [0.2, 0.25) is 0 Å². The molecule has 0 spiro atoms. The number of hydrogen-bond acceptors (Lipinski definition) is 14. The average molecular weight is 1450 g/mol. The fourth-order valence-electron chi connectivity index (χ4n) is 13.9. The Morgan fingerprint density at radius 2 is 0.355 bits per heavy atom. The Balaban J connectivity index is 0.000000149. The Bertz CT molecular complexity index is 6620. The van der Waals surface area contributed by atoms with Crippen LogP contribution in [0.1, 0.15) is 0 Å². The van der Waals surface area contributed by atoms with Crippen LogP contribution >= 0.6 is 22.7 Å². The minimum atomic E-state index is 0.613. The maximum atomic E-state index is 5.19. The molecule has 0 fully saturated rings. The minimum Gasteiger partial charge on any atom is -0.208 e. The zero-order chi connectivity index (χ0) is 73.1. The van der Waals surface area contributed by atoms with Crippen molar-refractivity contribution >= 4 is 63.0 Å². The number of aromatic nitrogens is 12. The molecule has 0 aliphatic carbocycles. The molecule has 0 radical (unpaired) electrons. The lowest BCUT2D eigenvalue weighted by Crippen LogP contribution is -2.00. The molecule has 0 unspecified atom stereocenters. The van der Waals surface area contributed by atoms with Gasteiger partial charge in [0.05, 0.1) is 0 Å². The summed E-state index contributed by atoms with van der Waals surface area (Å²) in [5, 5.41) is 4.34. The van der Waals surface area contributed by atoms with E-state index < -0.39 is 0 Å². The second-order valence-corrected chi connectivity index (χ2v) is 28.3. The number of thiophene rings is 2. The lowest BCUT2D eigenvalue weighted by atomic mass is 10.0. The molecule has 0 amide bonds. The Kier molecular flexibility index (Phi) is 17.8. The van der Waals surface area contributed by atoms with Crippen LogP contribution in [-0.2, 0) is 0 Å². The van der Waals surface area contributed by atoms with Gasteiger partial charge in [0.25, 0.3) is 0 Å². The molecule has 0 aliphatic heterocycles. The third-order valence-corrected chi connectivity index (χ3v) is 21.6. The van der Waals surface area contributed by atoms with Crippen molar-refractivity contribution in [2.75, 3.05) is 0 Å². The molecule has 6 aromatic heterocycles. The largest absolute Gasteiger partial charge is 0.208 e. The lowest BCUT2D eigenvalue weighted by molar-refractivity contribution is 1.08. The smallest absolute Gasteiger partial charge is 0.165 e. The molecule has 516 valence electrons. The summed E-state index contributed by atoms with van der Waals surface area (Å²) >= 11 is 3.45. The van der Waals surface area contributed by atoms with Crippen molar-refractivity contribution in [3.05, 3.63) is 364 Å². The van der Waals surface area contributed by atoms with Crippen LogP contribution in [0, 0.1) is 0 Å². The number of benzene rings is 14. The van der Waals surface area contributed by atoms with Gasteiger partial charge in [-0.05, 0) is 52.6 Å². The van der Waals surface area contributed by atoms with Gasteiger partial charge in [-0.15, -0.1) is 22.7 Å². The van der Waals surface area contributed by atoms with E-state index in [1.54, 1.807) is 22.7 Å². The first-order chi connectivity index (χ1) is 54.5. The fourth-order valence-corrected chi connectivity index (χ4v) is 16.3. The quantitative estimate of drug-likeness (QED) is 0.102. The van der Waals surface area contributed by atoms with Gasteiger partial charge in [0.1, 0.15) is 0 Å². The molecule has 20 rings (SSSR count). The number of fused-ring (bicyclic) bond motifs is 6. The van der Waals surface area contributed by atoms with Gasteiger partial charge >= 0.3 is 0 Å². The highest BCUT2D eigenvalue weighted by molar-refractivity contribution is 7.27. The van der Waals surface area contributed by atoms with Crippen molar-refractivity contribution in [2.45, 2.75) is 0 Å². The summed E-state index contributed by atoms with van der Waals surface area (Å²) in [5.41, 5.74) is 15.7. The van der Waals surface area contributed by atoms with Crippen LogP contribution in [0.3, 0.4) is 0 Å². The summed E-state index contributed by atoms with van der Waals surface area (Å²) in [6.45, 7) is 0. The molecule has 0 bridgehead atoms. The molecular formula is C96H60N12S2. The van der Waals surface area contributed by atoms with Crippen LogP contribution in [0.5, 0.6) is 0 Å². The van der Waals surface area contributed by atoms with E-state index in [1.807, 2.05) is 194 Å². The van der Waals surface area contributed by atoms with Crippen LogP contribution in [0.2, 0.25) is 0 Å². The summed E-state index contributed by atoms with van der Waals surface area (Å²) in [6.07, 6.45) is 0. The monoisotopic (exact) mass is 1440 g/mol. The van der Waals surface area contributed by atoms with Gasteiger partial charge in [-0.2, -0.15) is 0 Å². The number of nitrogens with zero attached hydrogens (tertiary/aromatic N) is 12. The molecule has 20 aromatic rings. The molecule has 12 nitrogen and oxygen atoms in total. The van der Waals surface area contributed by atoms with Crippen molar-refractivity contribution in [3.8, 4) is 159 Å². The topological polar surface area (TPSA) is 155 Å². The summed E-state index contributed by atoms with van der Waals surface area (Å²) < 4.78 is 4.41. The van der Waals surface area contributed by atoms with Crippen molar-refractivity contribution in [3.63, 3.8) is 0 Å². The first kappa shape index (κ1) is 66.3. The van der Waals surface area contributed by atoms with Crippen molar-refractivity contribution < 1.29 is 0 Å².